The van der Waals surface area contributed by atoms with Crippen molar-refractivity contribution in [3.8, 4) is 0 Å². The van der Waals surface area contributed by atoms with Crippen molar-refractivity contribution < 1.29 is 14.3 Å². The van der Waals surface area contributed by atoms with E-state index in [1.54, 1.807) is 23.1 Å². The van der Waals surface area contributed by atoms with Crippen LogP contribution in [0.15, 0.2) is 18.2 Å². The van der Waals surface area contributed by atoms with Crippen LogP contribution in [-0.2, 0) is 9.53 Å². The predicted octanol–water partition coefficient (Wildman–Crippen LogP) is 2.70. The maximum atomic E-state index is 12.7. The van der Waals surface area contributed by atoms with Crippen molar-refractivity contribution in [3.63, 3.8) is 0 Å². The fourth-order valence-corrected chi connectivity index (χ4v) is 3.79. The summed E-state index contributed by atoms with van der Waals surface area (Å²) in [7, 11) is 0. The van der Waals surface area contributed by atoms with Crippen molar-refractivity contribution in [2.45, 2.75) is 12.8 Å². The highest BCUT2D eigenvalue weighted by Crippen LogP contribution is 2.24. The SMILES string of the molecule is O=C(c1cc(Cl)cc(Cl)c1)N1CCCC(C(=O)N2CCOCC2)C1. The number of morpholine rings is 1. The Morgan fingerprint density at radius 3 is 2.33 bits per heavy atom. The molecule has 7 heteroatoms. The first-order chi connectivity index (χ1) is 11.5. The Morgan fingerprint density at radius 1 is 1.00 bits per heavy atom. The molecule has 2 aliphatic heterocycles. The molecule has 0 radical (unpaired) electrons. The number of halogens is 2. The maximum Gasteiger partial charge on any atom is 0.253 e. The van der Waals surface area contributed by atoms with Crippen LogP contribution in [-0.4, -0.2) is 61.0 Å². The molecule has 1 aromatic carbocycles. The number of likely N-dealkylation sites (tertiary alicyclic amines) is 1. The predicted molar refractivity (Wildman–Crippen MR) is 92.5 cm³/mol. The lowest BCUT2D eigenvalue weighted by Crippen LogP contribution is -2.49. The minimum absolute atomic E-state index is 0.125. The zero-order valence-corrected chi connectivity index (χ0v) is 14.9. The molecular weight excluding hydrogens is 351 g/mol. The summed E-state index contributed by atoms with van der Waals surface area (Å²) in [6.45, 7) is 3.53. The van der Waals surface area contributed by atoms with Crippen LogP contribution >= 0.6 is 23.2 Å². The highest BCUT2D eigenvalue weighted by atomic mass is 35.5. The molecule has 0 saturated carbocycles. The third-order valence-electron chi connectivity index (χ3n) is 4.49. The van der Waals surface area contributed by atoms with Gasteiger partial charge in [-0.3, -0.25) is 9.59 Å². The Labute approximate surface area is 151 Å². The van der Waals surface area contributed by atoms with E-state index in [1.807, 2.05) is 4.90 Å². The minimum Gasteiger partial charge on any atom is -0.378 e. The van der Waals surface area contributed by atoms with Crippen LogP contribution in [0.3, 0.4) is 0 Å². The first-order valence-electron chi connectivity index (χ1n) is 8.16. The van der Waals surface area contributed by atoms with E-state index in [1.165, 1.54) is 0 Å². The van der Waals surface area contributed by atoms with Crippen molar-refractivity contribution in [2.24, 2.45) is 5.92 Å². The number of amides is 2. The van der Waals surface area contributed by atoms with Gasteiger partial charge in [0.15, 0.2) is 0 Å². The quantitative estimate of drug-likeness (QED) is 0.803. The number of benzene rings is 1. The highest BCUT2D eigenvalue weighted by Gasteiger charge is 2.32. The molecule has 1 unspecified atom stereocenters. The largest absolute Gasteiger partial charge is 0.378 e. The Morgan fingerprint density at radius 2 is 1.67 bits per heavy atom. The van der Waals surface area contributed by atoms with Crippen LogP contribution in [0.1, 0.15) is 23.2 Å². The molecule has 0 aliphatic carbocycles. The van der Waals surface area contributed by atoms with Gasteiger partial charge < -0.3 is 14.5 Å². The number of nitrogens with zero attached hydrogens (tertiary/aromatic N) is 2. The molecule has 2 fully saturated rings. The van der Waals surface area contributed by atoms with Crippen molar-refractivity contribution in [1.29, 1.82) is 0 Å². The van der Waals surface area contributed by atoms with Crippen LogP contribution < -0.4 is 0 Å². The molecule has 1 aromatic rings. The van der Waals surface area contributed by atoms with Crippen LogP contribution in [0.25, 0.3) is 0 Å². The number of hydrogen-bond acceptors (Lipinski definition) is 3. The molecule has 0 spiro atoms. The molecule has 24 heavy (non-hydrogen) atoms. The summed E-state index contributed by atoms with van der Waals surface area (Å²) >= 11 is 12.0. The second kappa shape index (κ2) is 7.72. The van der Waals surface area contributed by atoms with Gasteiger partial charge in [-0.05, 0) is 31.0 Å². The summed E-state index contributed by atoms with van der Waals surface area (Å²) in [5.74, 6) is -0.144. The molecule has 1 atom stereocenters. The van der Waals surface area contributed by atoms with Gasteiger partial charge in [0.25, 0.3) is 5.91 Å². The number of hydrogen-bond donors (Lipinski definition) is 0. The summed E-state index contributed by atoms with van der Waals surface area (Å²) in [5, 5.41) is 0.868. The Hall–Kier alpha value is -1.30. The topological polar surface area (TPSA) is 49.9 Å². The zero-order chi connectivity index (χ0) is 17.1. The van der Waals surface area contributed by atoms with E-state index in [-0.39, 0.29) is 17.7 Å². The van der Waals surface area contributed by atoms with Gasteiger partial charge in [0.05, 0.1) is 19.1 Å². The molecule has 2 aliphatic rings. The van der Waals surface area contributed by atoms with E-state index in [0.717, 1.165) is 12.8 Å². The second-order valence-electron chi connectivity index (χ2n) is 6.19. The Bertz CT molecular complexity index is 612. The average molecular weight is 371 g/mol. The van der Waals surface area contributed by atoms with E-state index in [0.29, 0.717) is 55.0 Å². The summed E-state index contributed by atoms with van der Waals surface area (Å²) < 4.78 is 5.29. The first kappa shape index (κ1) is 17.5. The van der Waals surface area contributed by atoms with Gasteiger partial charge in [-0.25, -0.2) is 0 Å². The van der Waals surface area contributed by atoms with E-state index < -0.39 is 0 Å². The molecule has 0 aromatic heterocycles. The van der Waals surface area contributed by atoms with Crippen LogP contribution in [0.5, 0.6) is 0 Å². The fourth-order valence-electron chi connectivity index (χ4n) is 3.26. The van der Waals surface area contributed by atoms with Gasteiger partial charge in [0, 0.05) is 41.8 Å². The van der Waals surface area contributed by atoms with Gasteiger partial charge >= 0.3 is 0 Å². The summed E-state index contributed by atoms with van der Waals surface area (Å²) in [6, 6.07) is 4.83. The number of rotatable bonds is 2. The summed E-state index contributed by atoms with van der Waals surface area (Å²) in [6.07, 6.45) is 1.64. The molecule has 2 saturated heterocycles. The lowest BCUT2D eigenvalue weighted by Gasteiger charge is -2.36. The standard InChI is InChI=1S/C17H20Cl2N2O3/c18-14-8-13(9-15(19)10-14)17(23)21-3-1-2-12(11-21)16(22)20-4-6-24-7-5-20/h8-10,12H,1-7,11H2. The molecule has 2 heterocycles. The van der Waals surface area contributed by atoms with Crippen LogP contribution in [0, 0.1) is 5.92 Å². The molecule has 2 amide bonds. The number of piperidine rings is 1. The van der Waals surface area contributed by atoms with Crippen molar-refractivity contribution in [3.05, 3.63) is 33.8 Å². The highest BCUT2D eigenvalue weighted by molar-refractivity contribution is 6.35. The monoisotopic (exact) mass is 370 g/mol. The van der Waals surface area contributed by atoms with Gasteiger partial charge in [-0.15, -0.1) is 0 Å². The lowest BCUT2D eigenvalue weighted by atomic mass is 9.95. The van der Waals surface area contributed by atoms with Crippen LogP contribution in [0.4, 0.5) is 0 Å². The van der Waals surface area contributed by atoms with E-state index in [9.17, 15) is 9.59 Å². The number of ether oxygens (including phenoxy) is 1. The van der Waals surface area contributed by atoms with E-state index in [2.05, 4.69) is 0 Å². The molecule has 130 valence electrons. The molecule has 3 rings (SSSR count). The molecule has 0 bridgehead atoms. The second-order valence-corrected chi connectivity index (χ2v) is 7.06. The zero-order valence-electron chi connectivity index (χ0n) is 13.3. The maximum absolute atomic E-state index is 12.7. The smallest absolute Gasteiger partial charge is 0.253 e. The van der Waals surface area contributed by atoms with Gasteiger partial charge in [0.1, 0.15) is 0 Å². The van der Waals surface area contributed by atoms with E-state index >= 15 is 0 Å². The minimum atomic E-state index is -0.143. The summed E-state index contributed by atoms with van der Waals surface area (Å²) in [4.78, 5) is 28.9. The molecule has 0 N–H and O–H groups in total. The third kappa shape index (κ3) is 4.02. The van der Waals surface area contributed by atoms with Gasteiger partial charge in [0.2, 0.25) is 5.91 Å². The van der Waals surface area contributed by atoms with Gasteiger partial charge in [-0.1, -0.05) is 23.2 Å². The molecular formula is C17H20Cl2N2O3. The van der Waals surface area contributed by atoms with E-state index in [4.69, 9.17) is 27.9 Å². The number of carbonyl (C=O) groups is 2. The first-order valence-corrected chi connectivity index (χ1v) is 8.92. The normalized spacial score (nSPS) is 21.7. The fraction of sp³-hybridized carbons (Fsp3) is 0.529. The van der Waals surface area contributed by atoms with Crippen molar-refractivity contribution in [1.82, 2.24) is 9.80 Å². The van der Waals surface area contributed by atoms with Crippen molar-refractivity contribution in [2.75, 3.05) is 39.4 Å². The number of carbonyl (C=O) groups excluding carboxylic acids is 2. The summed E-state index contributed by atoms with van der Waals surface area (Å²) in [5.41, 5.74) is 0.465. The van der Waals surface area contributed by atoms with Crippen molar-refractivity contribution >= 4 is 35.0 Å². The van der Waals surface area contributed by atoms with Crippen LogP contribution in [0.2, 0.25) is 10.0 Å². The lowest BCUT2D eigenvalue weighted by molar-refractivity contribution is -0.141. The third-order valence-corrected chi connectivity index (χ3v) is 4.93. The Balaban J connectivity index is 1.68. The molecule has 5 nitrogen and oxygen atoms in total. The van der Waals surface area contributed by atoms with Gasteiger partial charge in [-0.2, -0.15) is 0 Å². The average Bonchev–Trinajstić information content (AvgIpc) is 2.60. The Kier molecular flexibility index (Phi) is 5.64.